The highest BCUT2D eigenvalue weighted by molar-refractivity contribution is 7.89. The first-order valence-electron chi connectivity index (χ1n) is 6.81. The first kappa shape index (κ1) is 14.8. The number of rotatable bonds is 3. The number of halogens is 1. The average Bonchev–Trinajstić information content (AvgIpc) is 2.74. The molecule has 0 aromatic carbocycles. The third-order valence-corrected chi connectivity index (χ3v) is 5.57. The summed E-state index contributed by atoms with van der Waals surface area (Å²) in [6.07, 6.45) is 3.46. The van der Waals surface area contributed by atoms with E-state index in [2.05, 4.69) is 14.6 Å². The molecule has 3 rings (SSSR count). The highest BCUT2D eigenvalue weighted by Crippen LogP contribution is 2.23. The summed E-state index contributed by atoms with van der Waals surface area (Å²) in [6, 6.07) is 5.16. The van der Waals surface area contributed by atoms with Crippen LogP contribution in [0.2, 0.25) is 5.15 Å². The number of hydrogen-bond donors (Lipinski definition) is 1. The topological polar surface area (TPSA) is 66.7 Å². The van der Waals surface area contributed by atoms with E-state index >= 15 is 0 Å². The molecule has 0 bridgehead atoms. The van der Waals surface area contributed by atoms with Crippen molar-refractivity contribution < 1.29 is 8.42 Å². The number of aromatic nitrogens is 2. The minimum atomic E-state index is -3.71. The molecule has 21 heavy (non-hydrogen) atoms. The summed E-state index contributed by atoms with van der Waals surface area (Å²) in [5, 5.41) is 0.00542. The normalized spacial score (nSPS) is 21.0. The van der Waals surface area contributed by atoms with Gasteiger partial charge in [-0.05, 0) is 38.6 Å². The summed E-state index contributed by atoms with van der Waals surface area (Å²) in [4.78, 5) is 6.20. The van der Waals surface area contributed by atoms with Gasteiger partial charge in [0.15, 0.2) is 10.2 Å². The zero-order valence-electron chi connectivity index (χ0n) is 11.7. The van der Waals surface area contributed by atoms with Crippen LogP contribution in [0.5, 0.6) is 0 Å². The Kier molecular flexibility index (Phi) is 3.92. The van der Waals surface area contributed by atoms with Crippen molar-refractivity contribution in [1.29, 1.82) is 0 Å². The molecule has 0 saturated carbocycles. The van der Waals surface area contributed by atoms with Crippen LogP contribution in [0.15, 0.2) is 29.4 Å². The molecule has 1 fully saturated rings. The molecule has 0 spiro atoms. The molecule has 6 nitrogen and oxygen atoms in total. The van der Waals surface area contributed by atoms with Crippen LogP contribution in [0.25, 0.3) is 5.65 Å². The number of likely N-dealkylation sites (N-methyl/N-ethyl adjacent to an activating group) is 1. The van der Waals surface area contributed by atoms with E-state index < -0.39 is 10.0 Å². The van der Waals surface area contributed by atoms with Gasteiger partial charge in [0.25, 0.3) is 10.0 Å². The van der Waals surface area contributed by atoms with Gasteiger partial charge >= 0.3 is 0 Å². The van der Waals surface area contributed by atoms with E-state index in [9.17, 15) is 8.42 Å². The zero-order chi connectivity index (χ0) is 15.0. The second kappa shape index (κ2) is 5.57. The highest BCUT2D eigenvalue weighted by atomic mass is 35.5. The number of likely N-dealkylation sites (tertiary alicyclic amines) is 1. The summed E-state index contributed by atoms with van der Waals surface area (Å²) in [7, 11) is -1.72. The second-order valence-electron chi connectivity index (χ2n) is 5.36. The van der Waals surface area contributed by atoms with E-state index in [-0.39, 0.29) is 16.2 Å². The molecule has 0 amide bonds. The van der Waals surface area contributed by atoms with E-state index in [4.69, 9.17) is 11.6 Å². The van der Waals surface area contributed by atoms with Crippen LogP contribution in [-0.4, -0.2) is 48.9 Å². The van der Waals surface area contributed by atoms with E-state index in [1.165, 1.54) is 4.40 Å². The van der Waals surface area contributed by atoms with Crippen molar-refractivity contribution in [1.82, 2.24) is 19.0 Å². The van der Waals surface area contributed by atoms with Gasteiger partial charge in [-0.25, -0.2) is 18.1 Å². The van der Waals surface area contributed by atoms with Gasteiger partial charge in [0.05, 0.1) is 0 Å². The van der Waals surface area contributed by atoms with Gasteiger partial charge in [-0.2, -0.15) is 0 Å². The Morgan fingerprint density at radius 1 is 1.43 bits per heavy atom. The SMILES string of the molecule is CN1CCCC(NS(=O)(=O)c2c(Cl)nc3ccccn23)C1. The van der Waals surface area contributed by atoms with Gasteiger partial charge in [0, 0.05) is 18.8 Å². The third kappa shape index (κ3) is 2.91. The minimum absolute atomic E-state index is 0.00198. The Balaban J connectivity index is 1.95. The molecule has 0 aliphatic carbocycles. The zero-order valence-corrected chi connectivity index (χ0v) is 13.2. The molecule has 8 heteroatoms. The summed E-state index contributed by atoms with van der Waals surface area (Å²) in [5.74, 6) is 0. The Morgan fingerprint density at radius 2 is 2.24 bits per heavy atom. The number of hydrogen-bond acceptors (Lipinski definition) is 4. The smallest absolute Gasteiger partial charge is 0.260 e. The van der Waals surface area contributed by atoms with Gasteiger partial charge in [0.1, 0.15) is 5.65 Å². The van der Waals surface area contributed by atoms with Crippen LogP contribution in [0.3, 0.4) is 0 Å². The highest BCUT2D eigenvalue weighted by Gasteiger charge is 2.28. The Hall–Kier alpha value is -1.15. The maximum Gasteiger partial charge on any atom is 0.260 e. The maximum atomic E-state index is 12.6. The number of piperidine rings is 1. The number of nitrogens with one attached hydrogen (secondary N) is 1. The van der Waals surface area contributed by atoms with E-state index in [1.807, 2.05) is 7.05 Å². The van der Waals surface area contributed by atoms with Gasteiger partial charge in [-0.1, -0.05) is 17.7 Å². The van der Waals surface area contributed by atoms with Crippen LogP contribution < -0.4 is 4.72 Å². The molecule has 1 atom stereocenters. The van der Waals surface area contributed by atoms with E-state index in [0.29, 0.717) is 12.2 Å². The van der Waals surface area contributed by atoms with E-state index in [0.717, 1.165) is 19.4 Å². The fourth-order valence-corrected chi connectivity index (χ4v) is 4.63. The molecule has 0 radical (unpaired) electrons. The molecule has 1 aliphatic rings. The van der Waals surface area contributed by atoms with E-state index in [1.54, 1.807) is 24.4 Å². The first-order chi connectivity index (χ1) is 9.97. The summed E-state index contributed by atoms with van der Waals surface area (Å²) in [5.41, 5.74) is 0.517. The first-order valence-corrected chi connectivity index (χ1v) is 8.67. The number of imidazole rings is 1. The average molecular weight is 329 g/mol. The standard InChI is InChI=1S/C13H17ClN4O2S/c1-17-7-4-5-10(9-17)16-21(19,20)13-12(14)15-11-6-2-3-8-18(11)13/h2-3,6,8,10,16H,4-5,7,9H2,1H3. The van der Waals surface area contributed by atoms with Crippen LogP contribution >= 0.6 is 11.6 Å². The molecular formula is C13H17ClN4O2S. The van der Waals surface area contributed by atoms with Crippen molar-refractivity contribution in [2.24, 2.45) is 0 Å². The van der Waals surface area contributed by atoms with Crippen LogP contribution in [0.4, 0.5) is 0 Å². The number of nitrogens with zero attached hydrogens (tertiary/aromatic N) is 3. The molecule has 1 N–H and O–H groups in total. The number of fused-ring (bicyclic) bond motifs is 1. The van der Waals surface area contributed by atoms with Crippen molar-refractivity contribution >= 4 is 27.3 Å². The molecule has 2 aromatic rings. The largest absolute Gasteiger partial charge is 0.305 e. The molecule has 114 valence electrons. The van der Waals surface area contributed by atoms with Crippen molar-refractivity contribution in [3.8, 4) is 0 Å². The molecule has 2 aromatic heterocycles. The molecular weight excluding hydrogens is 312 g/mol. The lowest BCUT2D eigenvalue weighted by Gasteiger charge is -2.29. The van der Waals surface area contributed by atoms with Crippen LogP contribution in [0, 0.1) is 0 Å². The molecule has 3 heterocycles. The molecule has 1 aliphatic heterocycles. The van der Waals surface area contributed by atoms with Crippen LogP contribution in [-0.2, 0) is 10.0 Å². The number of pyridine rings is 1. The summed E-state index contributed by atoms with van der Waals surface area (Å²) < 4.78 is 29.5. The Morgan fingerprint density at radius 3 is 3.00 bits per heavy atom. The molecule has 1 saturated heterocycles. The third-order valence-electron chi connectivity index (χ3n) is 3.65. The fraction of sp³-hybridized carbons (Fsp3) is 0.462. The van der Waals surface area contributed by atoms with Gasteiger partial charge < -0.3 is 4.90 Å². The lowest BCUT2D eigenvalue weighted by molar-refractivity contribution is 0.242. The van der Waals surface area contributed by atoms with Crippen molar-refractivity contribution in [2.75, 3.05) is 20.1 Å². The lowest BCUT2D eigenvalue weighted by atomic mass is 10.1. The predicted molar refractivity (Wildman–Crippen MR) is 81.0 cm³/mol. The minimum Gasteiger partial charge on any atom is -0.305 e. The molecule has 1 unspecified atom stereocenters. The van der Waals surface area contributed by atoms with Crippen molar-refractivity contribution in [3.63, 3.8) is 0 Å². The summed E-state index contributed by atoms with van der Waals surface area (Å²) in [6.45, 7) is 1.70. The Labute approximate surface area is 128 Å². The van der Waals surface area contributed by atoms with Crippen molar-refractivity contribution in [3.05, 3.63) is 29.5 Å². The Bertz CT molecular complexity index is 759. The van der Waals surface area contributed by atoms with Gasteiger partial charge in [-0.3, -0.25) is 4.40 Å². The van der Waals surface area contributed by atoms with Crippen LogP contribution in [0.1, 0.15) is 12.8 Å². The van der Waals surface area contributed by atoms with Gasteiger partial charge in [-0.15, -0.1) is 0 Å². The number of sulfonamides is 1. The van der Waals surface area contributed by atoms with Gasteiger partial charge in [0.2, 0.25) is 0 Å². The lowest BCUT2D eigenvalue weighted by Crippen LogP contribution is -2.46. The summed E-state index contributed by atoms with van der Waals surface area (Å²) >= 11 is 6.04. The second-order valence-corrected chi connectivity index (χ2v) is 7.35. The fourth-order valence-electron chi connectivity index (χ4n) is 2.72. The predicted octanol–water partition coefficient (Wildman–Crippen LogP) is 1.36. The van der Waals surface area contributed by atoms with Crippen molar-refractivity contribution in [2.45, 2.75) is 23.9 Å². The monoisotopic (exact) mass is 328 g/mol. The quantitative estimate of drug-likeness (QED) is 0.924. The maximum absolute atomic E-state index is 12.6.